The number of aromatic nitrogens is 1. The van der Waals surface area contributed by atoms with E-state index in [2.05, 4.69) is 40.7 Å². The Morgan fingerprint density at radius 2 is 1.89 bits per heavy atom. The minimum atomic E-state index is 0.915. The Balaban J connectivity index is 2.13. The number of fused-ring (bicyclic) bond motifs is 1. The van der Waals surface area contributed by atoms with E-state index in [1.54, 1.807) is 11.3 Å². The van der Waals surface area contributed by atoms with E-state index >= 15 is 0 Å². The van der Waals surface area contributed by atoms with Crippen molar-refractivity contribution in [2.45, 2.75) is 6.92 Å². The van der Waals surface area contributed by atoms with Crippen molar-refractivity contribution in [3.05, 3.63) is 48.2 Å². The molecule has 0 aliphatic heterocycles. The van der Waals surface area contributed by atoms with E-state index in [1.807, 2.05) is 19.1 Å². The van der Waals surface area contributed by atoms with Crippen LogP contribution < -0.4 is 11.3 Å². The molecule has 0 unspecified atom stereocenters. The van der Waals surface area contributed by atoms with Gasteiger partial charge in [0.2, 0.25) is 0 Å². The quantitative estimate of drug-likeness (QED) is 0.544. The monoisotopic (exact) mass is 255 g/mol. The van der Waals surface area contributed by atoms with Crippen LogP contribution in [0.25, 0.3) is 21.3 Å². The Hall–Kier alpha value is -1.91. The molecule has 1 heterocycles. The zero-order chi connectivity index (χ0) is 12.5. The molecule has 0 fully saturated rings. The van der Waals surface area contributed by atoms with E-state index in [9.17, 15) is 0 Å². The van der Waals surface area contributed by atoms with E-state index in [0.29, 0.717) is 0 Å². The summed E-state index contributed by atoms with van der Waals surface area (Å²) in [5.74, 6) is 5.45. The van der Waals surface area contributed by atoms with Crippen LogP contribution in [0.4, 0.5) is 5.00 Å². The maximum Gasteiger partial charge on any atom is 0.126 e. The molecule has 0 saturated carbocycles. The lowest BCUT2D eigenvalue weighted by Crippen LogP contribution is -2.05. The van der Waals surface area contributed by atoms with E-state index in [1.165, 1.54) is 10.8 Å². The third kappa shape index (κ3) is 1.85. The molecule has 18 heavy (non-hydrogen) atoms. The number of hydrogen-bond donors (Lipinski definition) is 2. The average Bonchev–Trinajstić information content (AvgIpc) is 2.79. The molecule has 0 saturated heterocycles. The summed E-state index contributed by atoms with van der Waals surface area (Å²) in [6, 6.07) is 14.7. The van der Waals surface area contributed by atoms with Gasteiger partial charge in [-0.15, -0.1) is 0 Å². The highest BCUT2D eigenvalue weighted by molar-refractivity contribution is 7.19. The first-order valence-corrected chi connectivity index (χ1v) is 6.53. The minimum absolute atomic E-state index is 0.915. The summed E-state index contributed by atoms with van der Waals surface area (Å²) in [5.41, 5.74) is 4.74. The van der Waals surface area contributed by atoms with Gasteiger partial charge in [0, 0.05) is 5.56 Å². The van der Waals surface area contributed by atoms with Gasteiger partial charge >= 0.3 is 0 Å². The van der Waals surface area contributed by atoms with Gasteiger partial charge < -0.3 is 5.43 Å². The Kier molecular flexibility index (Phi) is 2.74. The smallest absolute Gasteiger partial charge is 0.126 e. The normalized spacial score (nSPS) is 10.8. The van der Waals surface area contributed by atoms with Crippen molar-refractivity contribution in [1.29, 1.82) is 0 Å². The second-order valence-corrected chi connectivity index (χ2v) is 5.14. The summed E-state index contributed by atoms with van der Waals surface area (Å²) in [4.78, 5) is 4.53. The molecular formula is C14H13N3S. The lowest BCUT2D eigenvalue weighted by atomic mass is 10.1. The molecule has 0 aliphatic carbocycles. The number of rotatable bonds is 2. The first kappa shape index (κ1) is 11.2. The van der Waals surface area contributed by atoms with Crippen molar-refractivity contribution in [3.63, 3.8) is 0 Å². The van der Waals surface area contributed by atoms with Crippen LogP contribution in [-0.2, 0) is 0 Å². The maximum atomic E-state index is 5.45. The number of benzene rings is 2. The van der Waals surface area contributed by atoms with E-state index < -0.39 is 0 Å². The molecule has 0 spiro atoms. The van der Waals surface area contributed by atoms with Crippen LogP contribution in [0.1, 0.15) is 5.69 Å². The highest BCUT2D eigenvalue weighted by Gasteiger charge is 2.08. The van der Waals surface area contributed by atoms with E-state index in [4.69, 9.17) is 5.84 Å². The Bertz CT molecular complexity index is 703. The summed E-state index contributed by atoms with van der Waals surface area (Å²) in [6.45, 7) is 1.95. The van der Waals surface area contributed by atoms with Gasteiger partial charge in [-0.3, -0.25) is 0 Å². The molecule has 3 rings (SSSR count). The van der Waals surface area contributed by atoms with Gasteiger partial charge in [-0.25, -0.2) is 10.8 Å². The predicted molar refractivity (Wildman–Crippen MR) is 77.6 cm³/mol. The number of aryl methyl sites for hydroxylation is 1. The molecule has 90 valence electrons. The first-order valence-electron chi connectivity index (χ1n) is 5.71. The summed E-state index contributed by atoms with van der Waals surface area (Å²) < 4.78 is 0. The van der Waals surface area contributed by atoms with Gasteiger partial charge in [0.15, 0.2) is 0 Å². The number of hydrazine groups is 1. The summed E-state index contributed by atoms with van der Waals surface area (Å²) in [6.07, 6.45) is 0. The van der Waals surface area contributed by atoms with E-state index in [0.717, 1.165) is 21.3 Å². The van der Waals surface area contributed by atoms with Crippen molar-refractivity contribution < 1.29 is 0 Å². The molecule has 0 atom stereocenters. The number of nitrogen functional groups attached to an aromatic ring is 1. The highest BCUT2D eigenvalue weighted by Crippen LogP contribution is 2.32. The molecule has 4 heteroatoms. The largest absolute Gasteiger partial charge is 0.314 e. The highest BCUT2D eigenvalue weighted by atomic mass is 32.1. The SMILES string of the molecule is Cc1nc(-c2ccc3ccccc3c2)sc1NN. The number of nitrogens with zero attached hydrogens (tertiary/aromatic N) is 1. The standard InChI is InChI=1S/C14H13N3S/c1-9-13(17-15)18-14(16-9)12-7-6-10-4-2-3-5-11(10)8-12/h2-8,17H,15H2,1H3. The minimum Gasteiger partial charge on any atom is -0.314 e. The molecule has 3 N–H and O–H groups in total. The Labute approximate surface area is 109 Å². The molecule has 1 aromatic heterocycles. The van der Waals surface area contributed by atoms with Gasteiger partial charge in [0.1, 0.15) is 10.0 Å². The number of thiazole rings is 1. The van der Waals surface area contributed by atoms with Crippen molar-refractivity contribution in [2.24, 2.45) is 5.84 Å². The fourth-order valence-electron chi connectivity index (χ4n) is 1.98. The van der Waals surface area contributed by atoms with Crippen LogP contribution in [0.15, 0.2) is 42.5 Å². The van der Waals surface area contributed by atoms with Gasteiger partial charge in [-0.1, -0.05) is 47.7 Å². The first-order chi connectivity index (χ1) is 8.78. The number of nitrogens with two attached hydrogens (primary N) is 1. The van der Waals surface area contributed by atoms with Gasteiger partial charge in [0.05, 0.1) is 5.69 Å². The van der Waals surface area contributed by atoms with Gasteiger partial charge in [0.25, 0.3) is 0 Å². The van der Waals surface area contributed by atoms with Crippen LogP contribution in [0.3, 0.4) is 0 Å². The van der Waals surface area contributed by atoms with Crippen molar-refractivity contribution in [2.75, 3.05) is 5.43 Å². The van der Waals surface area contributed by atoms with Gasteiger partial charge in [-0.05, 0) is 23.8 Å². The molecule has 2 aromatic carbocycles. The molecule has 0 bridgehead atoms. The second-order valence-electron chi connectivity index (χ2n) is 4.14. The molecule has 0 aliphatic rings. The fraction of sp³-hybridized carbons (Fsp3) is 0.0714. The zero-order valence-electron chi connectivity index (χ0n) is 9.97. The molecule has 0 radical (unpaired) electrons. The second kappa shape index (κ2) is 4.40. The van der Waals surface area contributed by atoms with Crippen molar-refractivity contribution in [3.8, 4) is 10.6 Å². The summed E-state index contributed by atoms with van der Waals surface area (Å²) >= 11 is 1.57. The molecule has 3 nitrogen and oxygen atoms in total. The zero-order valence-corrected chi connectivity index (χ0v) is 10.8. The van der Waals surface area contributed by atoms with Crippen LogP contribution in [0.5, 0.6) is 0 Å². The molecule has 3 aromatic rings. The average molecular weight is 255 g/mol. The van der Waals surface area contributed by atoms with Crippen LogP contribution in [0.2, 0.25) is 0 Å². The topological polar surface area (TPSA) is 50.9 Å². The number of nitrogens with one attached hydrogen (secondary N) is 1. The third-order valence-electron chi connectivity index (χ3n) is 2.92. The van der Waals surface area contributed by atoms with Crippen LogP contribution in [-0.4, -0.2) is 4.98 Å². The van der Waals surface area contributed by atoms with Gasteiger partial charge in [-0.2, -0.15) is 0 Å². The number of anilines is 1. The third-order valence-corrected chi connectivity index (χ3v) is 4.06. The van der Waals surface area contributed by atoms with E-state index in [-0.39, 0.29) is 0 Å². The molecular weight excluding hydrogens is 242 g/mol. The lowest BCUT2D eigenvalue weighted by molar-refractivity contribution is 1.24. The Morgan fingerprint density at radius 1 is 1.11 bits per heavy atom. The van der Waals surface area contributed by atoms with Crippen molar-refractivity contribution >= 4 is 27.1 Å². The maximum absolute atomic E-state index is 5.45. The van der Waals surface area contributed by atoms with Crippen molar-refractivity contribution in [1.82, 2.24) is 4.98 Å². The predicted octanol–water partition coefficient (Wildman–Crippen LogP) is 3.56. The molecule has 0 amide bonds. The fourth-order valence-corrected chi connectivity index (χ4v) is 2.85. The van der Waals surface area contributed by atoms with Crippen LogP contribution >= 0.6 is 11.3 Å². The number of hydrogen-bond acceptors (Lipinski definition) is 4. The van der Waals surface area contributed by atoms with Crippen LogP contribution in [0, 0.1) is 6.92 Å². The summed E-state index contributed by atoms with van der Waals surface area (Å²) in [7, 11) is 0. The summed E-state index contributed by atoms with van der Waals surface area (Å²) in [5, 5.41) is 4.38. The lowest BCUT2D eigenvalue weighted by Gasteiger charge is -2.00. The Morgan fingerprint density at radius 3 is 2.61 bits per heavy atom.